The number of carbonyl (C=O) groups excluding carboxylic acids is 1. The summed E-state index contributed by atoms with van der Waals surface area (Å²) in [4.78, 5) is 22.4. The van der Waals surface area contributed by atoms with Gasteiger partial charge in [-0.05, 0) is 18.2 Å². The van der Waals surface area contributed by atoms with Crippen LogP contribution in [-0.4, -0.2) is 27.7 Å². The summed E-state index contributed by atoms with van der Waals surface area (Å²) in [7, 11) is 1.54. The number of nitro groups is 1. The number of aromatic nitrogens is 2. The quantitative estimate of drug-likeness (QED) is 0.449. The summed E-state index contributed by atoms with van der Waals surface area (Å²) in [5, 5.41) is 17.5. The summed E-state index contributed by atoms with van der Waals surface area (Å²) in [6.07, 6.45) is 3.10. The highest BCUT2D eigenvalue weighted by Crippen LogP contribution is 2.29. The highest BCUT2D eigenvalue weighted by Gasteiger charge is 2.14. The molecule has 3 aromatic rings. The van der Waals surface area contributed by atoms with Crippen LogP contribution in [0.25, 0.3) is 0 Å². The van der Waals surface area contributed by atoms with E-state index in [-0.39, 0.29) is 35.6 Å². The van der Waals surface area contributed by atoms with Gasteiger partial charge in [-0.1, -0.05) is 11.6 Å². The summed E-state index contributed by atoms with van der Waals surface area (Å²) < 4.78 is 17.4. The fourth-order valence-electron chi connectivity index (χ4n) is 2.27. The fraction of sp³-hybridized carbons (Fsp3) is 0.176. The molecule has 28 heavy (non-hydrogen) atoms. The Morgan fingerprint density at radius 3 is 2.93 bits per heavy atom. The van der Waals surface area contributed by atoms with Crippen molar-refractivity contribution in [3.05, 3.63) is 69.4 Å². The Labute approximate surface area is 163 Å². The van der Waals surface area contributed by atoms with E-state index in [9.17, 15) is 14.9 Å². The number of non-ortho nitro benzene ring substituents is 1. The predicted octanol–water partition coefficient (Wildman–Crippen LogP) is 3.47. The van der Waals surface area contributed by atoms with Crippen LogP contribution in [-0.2, 0) is 18.1 Å². The SMILES string of the molecule is COCn1cc(NC(=O)c2ccc(COc3ccc([N+](=O)[O-])cc3Cl)o2)cn1. The van der Waals surface area contributed by atoms with Gasteiger partial charge in [-0.3, -0.25) is 14.9 Å². The van der Waals surface area contributed by atoms with Gasteiger partial charge in [0.2, 0.25) is 0 Å². The van der Waals surface area contributed by atoms with Gasteiger partial charge in [-0.2, -0.15) is 5.10 Å². The fourth-order valence-corrected chi connectivity index (χ4v) is 2.50. The molecule has 0 saturated carbocycles. The van der Waals surface area contributed by atoms with E-state index in [1.807, 2.05) is 0 Å². The molecule has 0 unspecified atom stereocenters. The Morgan fingerprint density at radius 2 is 2.21 bits per heavy atom. The second-order valence-electron chi connectivity index (χ2n) is 5.57. The van der Waals surface area contributed by atoms with E-state index in [0.717, 1.165) is 0 Å². The van der Waals surface area contributed by atoms with Crippen molar-refractivity contribution in [1.82, 2.24) is 9.78 Å². The lowest BCUT2D eigenvalue weighted by Crippen LogP contribution is -2.10. The summed E-state index contributed by atoms with van der Waals surface area (Å²) in [5.41, 5.74) is 0.358. The van der Waals surface area contributed by atoms with Crippen LogP contribution in [0.5, 0.6) is 5.75 Å². The number of carbonyl (C=O) groups is 1. The normalized spacial score (nSPS) is 10.6. The molecule has 0 aliphatic heterocycles. The van der Waals surface area contributed by atoms with E-state index in [0.29, 0.717) is 11.4 Å². The van der Waals surface area contributed by atoms with Gasteiger partial charge in [-0.25, -0.2) is 4.68 Å². The summed E-state index contributed by atoms with van der Waals surface area (Å²) in [6.45, 7) is 0.264. The van der Waals surface area contributed by atoms with Crippen LogP contribution in [0, 0.1) is 10.1 Å². The standard InChI is InChI=1S/C17H15ClN4O6/c1-26-10-21-8-11(7-19-21)20-17(23)16-5-3-13(28-16)9-27-15-4-2-12(22(24)25)6-14(15)18/h2-8H,9-10H2,1H3,(H,20,23). The molecular weight excluding hydrogens is 392 g/mol. The van der Waals surface area contributed by atoms with Crippen molar-refractivity contribution in [3.8, 4) is 5.75 Å². The molecule has 146 valence electrons. The smallest absolute Gasteiger partial charge is 0.291 e. The molecule has 0 radical (unpaired) electrons. The van der Waals surface area contributed by atoms with Crippen molar-refractivity contribution in [2.75, 3.05) is 12.4 Å². The average molecular weight is 407 g/mol. The third kappa shape index (κ3) is 4.67. The molecule has 0 spiro atoms. The van der Waals surface area contributed by atoms with Crippen molar-refractivity contribution < 1.29 is 23.6 Å². The Balaban J connectivity index is 1.59. The zero-order valence-corrected chi connectivity index (χ0v) is 15.4. The molecule has 2 aromatic heterocycles. The van der Waals surface area contributed by atoms with Crippen LogP contribution >= 0.6 is 11.6 Å². The number of benzene rings is 1. The number of hydrogen-bond acceptors (Lipinski definition) is 7. The molecule has 0 saturated heterocycles. The Hall–Kier alpha value is -3.37. The van der Waals surface area contributed by atoms with Gasteiger partial charge in [0.05, 0.1) is 28.0 Å². The minimum atomic E-state index is -0.550. The molecule has 0 atom stereocenters. The van der Waals surface area contributed by atoms with Crippen LogP contribution in [0.3, 0.4) is 0 Å². The van der Waals surface area contributed by atoms with Gasteiger partial charge in [0, 0.05) is 19.2 Å². The maximum absolute atomic E-state index is 12.2. The number of rotatable bonds is 8. The molecule has 3 rings (SSSR count). The molecular formula is C17H15ClN4O6. The van der Waals surface area contributed by atoms with Crippen LogP contribution in [0.1, 0.15) is 16.3 Å². The lowest BCUT2D eigenvalue weighted by atomic mass is 10.3. The Morgan fingerprint density at radius 1 is 1.39 bits per heavy atom. The van der Waals surface area contributed by atoms with Gasteiger partial charge in [0.25, 0.3) is 11.6 Å². The molecule has 0 bridgehead atoms. The van der Waals surface area contributed by atoms with E-state index in [1.165, 1.54) is 42.3 Å². The number of hydrogen-bond donors (Lipinski definition) is 1. The number of nitrogens with zero attached hydrogens (tertiary/aromatic N) is 3. The van der Waals surface area contributed by atoms with Crippen molar-refractivity contribution in [1.29, 1.82) is 0 Å². The molecule has 2 heterocycles. The van der Waals surface area contributed by atoms with E-state index in [1.54, 1.807) is 12.3 Å². The number of furan rings is 1. The number of nitro benzene ring substituents is 1. The monoisotopic (exact) mass is 406 g/mol. The van der Waals surface area contributed by atoms with Gasteiger partial charge >= 0.3 is 0 Å². The van der Waals surface area contributed by atoms with Crippen LogP contribution in [0.15, 0.2) is 47.1 Å². The topological polar surface area (TPSA) is 122 Å². The van der Waals surface area contributed by atoms with E-state index in [4.69, 9.17) is 25.5 Å². The molecule has 1 amide bonds. The van der Waals surface area contributed by atoms with Crippen LogP contribution in [0.4, 0.5) is 11.4 Å². The Kier molecular flexibility index (Phi) is 5.92. The molecule has 0 aliphatic rings. The number of nitrogens with one attached hydrogen (secondary N) is 1. The highest BCUT2D eigenvalue weighted by atomic mass is 35.5. The van der Waals surface area contributed by atoms with Crippen LogP contribution < -0.4 is 10.1 Å². The summed E-state index contributed by atoms with van der Waals surface area (Å²) in [5.74, 6) is 0.291. The number of halogens is 1. The predicted molar refractivity (Wildman–Crippen MR) is 98.3 cm³/mol. The molecule has 1 N–H and O–H groups in total. The van der Waals surface area contributed by atoms with E-state index >= 15 is 0 Å². The van der Waals surface area contributed by atoms with E-state index in [2.05, 4.69) is 10.4 Å². The first-order valence-electron chi connectivity index (χ1n) is 7.94. The first-order valence-corrected chi connectivity index (χ1v) is 8.32. The first-order chi connectivity index (χ1) is 13.5. The van der Waals surface area contributed by atoms with Gasteiger partial charge < -0.3 is 19.2 Å². The molecule has 0 aliphatic carbocycles. The molecule has 0 fully saturated rings. The second-order valence-corrected chi connectivity index (χ2v) is 5.97. The third-order valence-electron chi connectivity index (χ3n) is 3.53. The average Bonchev–Trinajstić information content (AvgIpc) is 3.30. The lowest BCUT2D eigenvalue weighted by molar-refractivity contribution is -0.384. The lowest BCUT2D eigenvalue weighted by Gasteiger charge is -2.06. The Bertz CT molecular complexity index is 999. The van der Waals surface area contributed by atoms with Crippen molar-refractivity contribution in [2.24, 2.45) is 0 Å². The number of ether oxygens (including phenoxy) is 2. The van der Waals surface area contributed by atoms with Crippen molar-refractivity contribution in [2.45, 2.75) is 13.3 Å². The van der Waals surface area contributed by atoms with Gasteiger partial charge in [-0.15, -0.1) is 0 Å². The zero-order valence-electron chi connectivity index (χ0n) is 14.6. The van der Waals surface area contributed by atoms with Crippen molar-refractivity contribution in [3.63, 3.8) is 0 Å². The minimum absolute atomic E-state index is 0.00339. The molecule has 1 aromatic carbocycles. The zero-order chi connectivity index (χ0) is 20.1. The number of anilines is 1. The van der Waals surface area contributed by atoms with Gasteiger partial charge in [0.15, 0.2) is 5.76 Å². The van der Waals surface area contributed by atoms with E-state index < -0.39 is 10.8 Å². The van der Waals surface area contributed by atoms with Crippen molar-refractivity contribution >= 4 is 28.9 Å². The maximum atomic E-state index is 12.2. The molecule has 10 nitrogen and oxygen atoms in total. The largest absolute Gasteiger partial charge is 0.484 e. The summed E-state index contributed by atoms with van der Waals surface area (Å²) >= 11 is 5.97. The second kappa shape index (κ2) is 8.55. The van der Waals surface area contributed by atoms with Gasteiger partial charge in [0.1, 0.15) is 24.8 Å². The number of methoxy groups -OCH3 is 1. The molecule has 11 heteroatoms. The van der Waals surface area contributed by atoms with Crippen LogP contribution in [0.2, 0.25) is 5.02 Å². The number of amides is 1. The maximum Gasteiger partial charge on any atom is 0.291 e. The summed E-state index contributed by atoms with van der Waals surface area (Å²) in [6, 6.07) is 6.97. The third-order valence-corrected chi connectivity index (χ3v) is 3.83. The highest BCUT2D eigenvalue weighted by molar-refractivity contribution is 6.32. The minimum Gasteiger partial charge on any atom is -0.484 e. The first kappa shape index (κ1) is 19.4.